The van der Waals surface area contributed by atoms with Crippen LogP contribution in [-0.2, 0) is 11.8 Å². The standard InChI is InChI=1S/C25H22FN3O3/c1-29-16-15-27-25(29)24(17-7-9-18(31-2)10-8-17)28-23(30)14-12-19-11-13-22(32-19)20-5-3-4-6-21(20)26/h3-16,24H,1-2H3,(H,28,30). The number of rotatable bonds is 7. The number of carbonyl (C=O) groups is 1. The quantitative estimate of drug-likeness (QED) is 0.429. The van der Waals surface area contributed by atoms with Crippen molar-refractivity contribution in [3.8, 4) is 17.1 Å². The second-order valence-electron chi connectivity index (χ2n) is 7.13. The Morgan fingerprint density at radius 2 is 1.94 bits per heavy atom. The van der Waals surface area contributed by atoms with Crippen molar-refractivity contribution in [2.45, 2.75) is 6.04 Å². The van der Waals surface area contributed by atoms with Crippen molar-refractivity contribution >= 4 is 12.0 Å². The molecule has 0 saturated carbocycles. The number of imidazole rings is 1. The van der Waals surface area contributed by atoms with Crippen LogP contribution < -0.4 is 10.1 Å². The Morgan fingerprint density at radius 3 is 2.62 bits per heavy atom. The van der Waals surface area contributed by atoms with E-state index in [0.29, 0.717) is 22.9 Å². The number of methoxy groups -OCH3 is 1. The van der Waals surface area contributed by atoms with Gasteiger partial charge in [-0.2, -0.15) is 0 Å². The summed E-state index contributed by atoms with van der Waals surface area (Å²) in [7, 11) is 3.47. The van der Waals surface area contributed by atoms with Crippen LogP contribution in [0.3, 0.4) is 0 Å². The van der Waals surface area contributed by atoms with Gasteiger partial charge in [0.25, 0.3) is 0 Å². The van der Waals surface area contributed by atoms with E-state index in [9.17, 15) is 9.18 Å². The van der Waals surface area contributed by atoms with Gasteiger partial charge in [-0.3, -0.25) is 4.79 Å². The third-order valence-corrected chi connectivity index (χ3v) is 5.02. The third kappa shape index (κ3) is 4.62. The number of hydrogen-bond donors (Lipinski definition) is 1. The highest BCUT2D eigenvalue weighted by molar-refractivity contribution is 5.92. The molecular formula is C25H22FN3O3. The molecule has 2 heterocycles. The second-order valence-corrected chi connectivity index (χ2v) is 7.13. The van der Waals surface area contributed by atoms with Crippen LogP contribution in [0, 0.1) is 5.82 Å². The highest BCUT2D eigenvalue weighted by Gasteiger charge is 2.20. The Bertz CT molecular complexity index is 1240. The van der Waals surface area contributed by atoms with Crippen LogP contribution in [0.25, 0.3) is 17.4 Å². The molecule has 1 atom stereocenters. The molecule has 0 bridgehead atoms. The lowest BCUT2D eigenvalue weighted by Crippen LogP contribution is -2.29. The van der Waals surface area contributed by atoms with E-state index < -0.39 is 6.04 Å². The second kappa shape index (κ2) is 9.34. The topological polar surface area (TPSA) is 69.3 Å². The molecule has 0 spiro atoms. The van der Waals surface area contributed by atoms with Crippen molar-refractivity contribution in [1.82, 2.24) is 14.9 Å². The molecule has 2 aromatic heterocycles. The number of nitrogens with zero attached hydrogens (tertiary/aromatic N) is 2. The summed E-state index contributed by atoms with van der Waals surface area (Å²) < 4.78 is 26.7. The minimum Gasteiger partial charge on any atom is -0.497 e. The zero-order chi connectivity index (χ0) is 22.5. The van der Waals surface area contributed by atoms with Gasteiger partial charge in [0.15, 0.2) is 0 Å². The molecule has 6 nitrogen and oxygen atoms in total. The van der Waals surface area contributed by atoms with Crippen LogP contribution in [0.1, 0.15) is 23.2 Å². The first-order valence-corrected chi connectivity index (χ1v) is 9.99. The van der Waals surface area contributed by atoms with Gasteiger partial charge < -0.3 is 19.0 Å². The van der Waals surface area contributed by atoms with Crippen molar-refractivity contribution in [2.75, 3.05) is 7.11 Å². The summed E-state index contributed by atoms with van der Waals surface area (Å²) in [5, 5.41) is 2.98. The number of ether oxygens (including phenoxy) is 1. The summed E-state index contributed by atoms with van der Waals surface area (Å²) in [5.41, 5.74) is 1.23. The van der Waals surface area contributed by atoms with Gasteiger partial charge in [-0.05, 0) is 48.0 Å². The fraction of sp³-hybridized carbons (Fsp3) is 0.120. The number of aromatic nitrogens is 2. The molecule has 0 aliphatic heterocycles. The lowest BCUT2D eigenvalue weighted by molar-refractivity contribution is -0.117. The zero-order valence-corrected chi connectivity index (χ0v) is 17.7. The lowest BCUT2D eigenvalue weighted by atomic mass is 10.1. The molecule has 4 aromatic rings. The first-order chi connectivity index (χ1) is 15.5. The molecule has 4 rings (SSSR count). The summed E-state index contributed by atoms with van der Waals surface area (Å²) in [6, 6.07) is 16.7. The third-order valence-electron chi connectivity index (χ3n) is 5.02. The number of amides is 1. The van der Waals surface area contributed by atoms with Gasteiger partial charge in [0.05, 0.1) is 12.7 Å². The van der Waals surface area contributed by atoms with E-state index in [0.717, 1.165) is 11.3 Å². The SMILES string of the molecule is COc1ccc(C(NC(=O)C=Cc2ccc(-c3ccccc3F)o2)c2nccn2C)cc1. The smallest absolute Gasteiger partial charge is 0.244 e. The molecule has 0 saturated heterocycles. The first-order valence-electron chi connectivity index (χ1n) is 9.99. The van der Waals surface area contributed by atoms with Crippen LogP contribution in [-0.4, -0.2) is 22.6 Å². The van der Waals surface area contributed by atoms with Crippen LogP contribution in [0.5, 0.6) is 5.75 Å². The van der Waals surface area contributed by atoms with Crippen molar-refractivity contribution in [3.05, 3.63) is 102 Å². The van der Waals surface area contributed by atoms with Gasteiger partial charge in [0.1, 0.15) is 35.0 Å². The van der Waals surface area contributed by atoms with Crippen molar-refractivity contribution in [3.63, 3.8) is 0 Å². The van der Waals surface area contributed by atoms with Gasteiger partial charge in [-0.1, -0.05) is 24.3 Å². The minimum absolute atomic E-state index is 0.322. The van der Waals surface area contributed by atoms with Gasteiger partial charge in [-0.15, -0.1) is 0 Å². The average Bonchev–Trinajstić information content (AvgIpc) is 3.45. The van der Waals surface area contributed by atoms with Crippen LogP contribution >= 0.6 is 0 Å². The fourth-order valence-corrected chi connectivity index (χ4v) is 3.35. The molecule has 32 heavy (non-hydrogen) atoms. The van der Waals surface area contributed by atoms with Crippen LogP contribution in [0.15, 0.2) is 83.6 Å². The highest BCUT2D eigenvalue weighted by Crippen LogP contribution is 2.26. The summed E-state index contributed by atoms with van der Waals surface area (Å²) in [4.78, 5) is 17.1. The van der Waals surface area contributed by atoms with E-state index in [2.05, 4.69) is 10.3 Å². The minimum atomic E-state index is -0.455. The van der Waals surface area contributed by atoms with E-state index in [1.165, 1.54) is 12.1 Å². The Morgan fingerprint density at radius 1 is 1.16 bits per heavy atom. The summed E-state index contributed by atoms with van der Waals surface area (Å²) in [6.45, 7) is 0. The number of aryl methyl sites for hydroxylation is 1. The number of halogens is 1. The van der Waals surface area contributed by atoms with Crippen LogP contribution in [0.2, 0.25) is 0 Å². The molecule has 2 aromatic carbocycles. The molecule has 1 amide bonds. The van der Waals surface area contributed by atoms with Crippen molar-refractivity contribution < 1.29 is 18.3 Å². The first kappa shape index (κ1) is 21.1. The lowest BCUT2D eigenvalue weighted by Gasteiger charge is -2.18. The van der Waals surface area contributed by atoms with E-state index in [1.807, 2.05) is 42.1 Å². The molecule has 0 aliphatic carbocycles. The molecule has 0 aliphatic rings. The largest absolute Gasteiger partial charge is 0.497 e. The predicted molar refractivity (Wildman–Crippen MR) is 119 cm³/mol. The summed E-state index contributed by atoms with van der Waals surface area (Å²) in [5.74, 6) is 1.56. The van der Waals surface area contributed by atoms with E-state index in [-0.39, 0.29) is 11.7 Å². The number of carbonyl (C=O) groups excluding carboxylic acids is 1. The maximum absolute atomic E-state index is 14.0. The Labute approximate surface area is 185 Å². The molecule has 1 unspecified atom stereocenters. The van der Waals surface area contributed by atoms with E-state index >= 15 is 0 Å². The van der Waals surface area contributed by atoms with Crippen molar-refractivity contribution in [2.24, 2.45) is 7.05 Å². The predicted octanol–water partition coefficient (Wildman–Crippen LogP) is 4.75. The van der Waals surface area contributed by atoms with Crippen LogP contribution in [0.4, 0.5) is 4.39 Å². The van der Waals surface area contributed by atoms with Gasteiger partial charge in [0, 0.05) is 25.5 Å². The zero-order valence-electron chi connectivity index (χ0n) is 17.7. The number of nitrogens with one attached hydrogen (secondary N) is 1. The normalized spacial score (nSPS) is 12.1. The van der Waals surface area contributed by atoms with Gasteiger partial charge >= 0.3 is 0 Å². The molecular weight excluding hydrogens is 409 g/mol. The number of furan rings is 1. The Balaban J connectivity index is 1.52. The van der Waals surface area contributed by atoms with E-state index in [1.54, 1.807) is 49.7 Å². The molecule has 0 radical (unpaired) electrons. The molecule has 162 valence electrons. The maximum atomic E-state index is 14.0. The fourth-order valence-electron chi connectivity index (χ4n) is 3.35. The maximum Gasteiger partial charge on any atom is 0.244 e. The van der Waals surface area contributed by atoms with E-state index in [4.69, 9.17) is 9.15 Å². The van der Waals surface area contributed by atoms with Gasteiger partial charge in [0.2, 0.25) is 5.91 Å². The Kier molecular flexibility index (Phi) is 6.17. The highest BCUT2D eigenvalue weighted by atomic mass is 19.1. The monoisotopic (exact) mass is 431 g/mol. The summed E-state index contributed by atoms with van der Waals surface area (Å²) in [6.07, 6.45) is 6.43. The molecule has 1 N–H and O–H groups in total. The average molecular weight is 431 g/mol. The molecule has 7 heteroatoms. The summed E-state index contributed by atoms with van der Waals surface area (Å²) >= 11 is 0. The Hall–Kier alpha value is -4.13. The molecule has 0 fully saturated rings. The number of benzene rings is 2. The number of hydrogen-bond acceptors (Lipinski definition) is 4. The van der Waals surface area contributed by atoms with Crippen molar-refractivity contribution in [1.29, 1.82) is 0 Å². The van der Waals surface area contributed by atoms with Gasteiger partial charge in [-0.25, -0.2) is 9.37 Å².